The lowest BCUT2D eigenvalue weighted by Gasteiger charge is -2.57. The van der Waals surface area contributed by atoms with Gasteiger partial charge in [-0.05, 0) is 123 Å². The van der Waals surface area contributed by atoms with Crippen LogP contribution in [0.15, 0.2) is 0 Å². The maximum absolute atomic E-state index is 12.7. The van der Waals surface area contributed by atoms with Gasteiger partial charge < -0.3 is 45.0 Å². The molecule has 7 aliphatic rings. The van der Waals surface area contributed by atoms with Crippen LogP contribution in [-0.4, -0.2) is 141 Å². The van der Waals surface area contributed by atoms with E-state index in [9.17, 15) is 4.21 Å². The second-order valence-electron chi connectivity index (χ2n) is 14.9. The maximum Gasteiger partial charge on any atom is 0.312 e. The number of ether oxygens (including phenoxy) is 5. The summed E-state index contributed by atoms with van der Waals surface area (Å²) in [6.07, 6.45) is 10.4. The average molecular weight is 699 g/mol. The van der Waals surface area contributed by atoms with Crippen LogP contribution in [0.2, 0.25) is 0 Å². The summed E-state index contributed by atoms with van der Waals surface area (Å²) in [6.45, 7) is 8.25. The number of hydrogen-bond donors (Lipinski definition) is 5. The van der Waals surface area contributed by atoms with Gasteiger partial charge in [0.05, 0.1) is 30.5 Å². The van der Waals surface area contributed by atoms with Crippen LogP contribution in [0.5, 0.6) is 0 Å². The molecule has 14 heteroatoms. The summed E-state index contributed by atoms with van der Waals surface area (Å²) >= 11 is 0. The van der Waals surface area contributed by atoms with Crippen LogP contribution in [0.3, 0.4) is 0 Å². The Morgan fingerprint density at radius 3 is 2.06 bits per heavy atom. The van der Waals surface area contributed by atoms with Crippen molar-refractivity contribution in [2.75, 3.05) is 77.0 Å². The number of nitrogens with one attached hydrogen (secondary N) is 5. The molecule has 9 atom stereocenters. The molecule has 7 heterocycles. The van der Waals surface area contributed by atoms with E-state index in [0.717, 1.165) is 123 Å². The molecule has 0 aliphatic carbocycles. The Morgan fingerprint density at radius 1 is 0.583 bits per heavy atom. The number of nitrogens with zero attached hydrogens (tertiary/aromatic N) is 1. The summed E-state index contributed by atoms with van der Waals surface area (Å²) < 4.78 is 50.0. The highest BCUT2D eigenvalue weighted by atomic mass is 32.2. The molecule has 0 aromatic carbocycles. The van der Waals surface area contributed by atoms with E-state index in [1.165, 1.54) is 0 Å². The third kappa shape index (κ3) is 8.65. The molecular formula is C34H62N6O7S. The van der Waals surface area contributed by atoms with Crippen LogP contribution >= 0.6 is 0 Å². The zero-order chi connectivity index (χ0) is 32.7. The molecule has 0 amide bonds. The van der Waals surface area contributed by atoms with Crippen molar-refractivity contribution in [2.24, 2.45) is 0 Å². The van der Waals surface area contributed by atoms with Crippen molar-refractivity contribution in [3.63, 3.8) is 0 Å². The molecule has 48 heavy (non-hydrogen) atoms. The van der Waals surface area contributed by atoms with Crippen molar-refractivity contribution in [1.29, 1.82) is 0 Å². The molecule has 276 valence electrons. The van der Waals surface area contributed by atoms with Crippen LogP contribution < -0.4 is 26.6 Å². The lowest BCUT2D eigenvalue weighted by Crippen LogP contribution is -2.76. The van der Waals surface area contributed by atoms with Crippen molar-refractivity contribution < 1.29 is 32.7 Å². The number of piperidine rings is 2. The predicted octanol–water partition coefficient (Wildman–Crippen LogP) is 1.05. The first-order valence-corrected chi connectivity index (χ1v) is 20.8. The van der Waals surface area contributed by atoms with Crippen molar-refractivity contribution in [3.05, 3.63) is 0 Å². The van der Waals surface area contributed by atoms with Crippen LogP contribution in [0.1, 0.15) is 83.5 Å². The third-order valence-electron chi connectivity index (χ3n) is 11.1. The van der Waals surface area contributed by atoms with Gasteiger partial charge in [0.25, 0.3) is 5.79 Å². The summed E-state index contributed by atoms with van der Waals surface area (Å²) in [7, 11) is -0.887. The third-order valence-corrected chi connectivity index (χ3v) is 12.5. The van der Waals surface area contributed by atoms with Gasteiger partial charge >= 0.3 is 5.91 Å². The van der Waals surface area contributed by atoms with E-state index in [2.05, 4.69) is 26.6 Å². The van der Waals surface area contributed by atoms with E-state index in [-0.39, 0.29) is 36.7 Å². The van der Waals surface area contributed by atoms with Gasteiger partial charge in [0.1, 0.15) is 12.3 Å². The summed E-state index contributed by atoms with van der Waals surface area (Å²) in [6, 6.07) is 0. The molecule has 0 radical (unpaired) electrons. The molecular weight excluding hydrogens is 636 g/mol. The zero-order valence-corrected chi connectivity index (χ0v) is 29.7. The lowest BCUT2D eigenvalue weighted by molar-refractivity contribution is -0.539. The highest BCUT2D eigenvalue weighted by molar-refractivity contribution is 7.85. The summed E-state index contributed by atoms with van der Waals surface area (Å²) in [5.74, 6) is -1.86. The minimum absolute atomic E-state index is 0.0400. The van der Waals surface area contributed by atoms with E-state index in [1.54, 1.807) is 0 Å². The first-order chi connectivity index (χ1) is 23.6. The summed E-state index contributed by atoms with van der Waals surface area (Å²) in [4.78, 5) is 7.20. The second kappa shape index (κ2) is 17.5. The van der Waals surface area contributed by atoms with Gasteiger partial charge in [0, 0.05) is 48.5 Å². The molecule has 7 aliphatic heterocycles. The number of hydrogen-bond acceptors (Lipinski definition) is 13. The first kappa shape index (κ1) is 36.0. The molecule has 0 aromatic rings. The minimum Gasteiger partial charge on any atom is -0.368 e. The summed E-state index contributed by atoms with van der Waals surface area (Å²) in [5.41, 5.74) is 0. The van der Waals surface area contributed by atoms with E-state index < -0.39 is 28.6 Å². The molecule has 0 aromatic heterocycles. The first-order valence-electron chi connectivity index (χ1n) is 19.3. The smallest absolute Gasteiger partial charge is 0.312 e. The van der Waals surface area contributed by atoms with E-state index in [1.807, 2.05) is 5.06 Å². The van der Waals surface area contributed by atoms with Crippen molar-refractivity contribution >= 4 is 10.8 Å². The normalized spacial score (nSPS) is 42.5. The van der Waals surface area contributed by atoms with E-state index in [4.69, 9.17) is 28.5 Å². The molecule has 0 bridgehead atoms. The highest BCUT2D eigenvalue weighted by Gasteiger charge is 2.70. The van der Waals surface area contributed by atoms with E-state index in [0.29, 0.717) is 37.6 Å². The number of hydroxylamine groups is 2. The van der Waals surface area contributed by atoms with Crippen LogP contribution in [0.25, 0.3) is 0 Å². The van der Waals surface area contributed by atoms with Crippen LogP contribution in [0, 0.1) is 0 Å². The molecule has 0 saturated carbocycles. The quantitative estimate of drug-likeness (QED) is 0.186. The lowest BCUT2D eigenvalue weighted by atomic mass is 9.98. The van der Waals surface area contributed by atoms with E-state index >= 15 is 0 Å². The molecule has 13 nitrogen and oxygen atoms in total. The van der Waals surface area contributed by atoms with Crippen molar-refractivity contribution in [1.82, 2.24) is 31.6 Å². The van der Waals surface area contributed by atoms with Gasteiger partial charge in [-0.25, -0.2) is 0 Å². The molecule has 9 unspecified atom stereocenters. The Kier molecular flexibility index (Phi) is 13.1. The van der Waals surface area contributed by atoms with Gasteiger partial charge in [-0.2, -0.15) is 0 Å². The molecule has 7 saturated heterocycles. The standard InChI is InChI=1S/C34H62N6O7S/c41-48-21-13-30(25-48)42-31-8-5-20-40(47-29-6-1-2-14-36-24-29)34(44-26-10-17-35-18-11-26,45-27-7-3-15-37-22-27)33(31,43-28-12-19-38-23-28)46-32-9-4-16-39-32/h26-32,35-39H,1-25H2. The Hall–Kier alpha value is -0.330. The Labute approximate surface area is 289 Å². The van der Waals surface area contributed by atoms with Crippen molar-refractivity contribution in [3.8, 4) is 0 Å². The van der Waals surface area contributed by atoms with Crippen molar-refractivity contribution in [2.45, 2.75) is 138 Å². The Bertz CT molecular complexity index is 962. The zero-order valence-electron chi connectivity index (χ0n) is 28.9. The topological polar surface area (TPSA) is 136 Å². The minimum atomic E-state index is -1.56. The van der Waals surface area contributed by atoms with Gasteiger partial charge in [-0.3, -0.25) is 14.4 Å². The van der Waals surface area contributed by atoms with Crippen LogP contribution in [0.4, 0.5) is 0 Å². The average Bonchev–Trinajstić information content (AvgIpc) is 3.85. The summed E-state index contributed by atoms with van der Waals surface area (Å²) in [5, 5.41) is 19.9. The Morgan fingerprint density at radius 2 is 1.29 bits per heavy atom. The van der Waals surface area contributed by atoms with Gasteiger partial charge in [0.2, 0.25) is 0 Å². The molecule has 7 rings (SSSR count). The van der Waals surface area contributed by atoms with Gasteiger partial charge in [0.15, 0.2) is 0 Å². The van der Waals surface area contributed by atoms with Gasteiger partial charge in [-0.15, -0.1) is 5.06 Å². The second-order valence-corrected chi connectivity index (χ2v) is 16.5. The highest BCUT2D eigenvalue weighted by Crippen LogP contribution is 2.49. The molecule has 5 N–H and O–H groups in total. The van der Waals surface area contributed by atoms with Gasteiger partial charge in [-0.1, -0.05) is 0 Å². The molecule has 0 spiro atoms. The molecule has 7 fully saturated rings. The SMILES string of the molecule is O=S1CCC(OC2CCCN(OC3CCCCNC3)C(OC3CCNCC3)(OC3CCCNC3)C2(OC2CCNC2)OC2CCCN2)C1. The fourth-order valence-corrected chi connectivity index (χ4v) is 9.86. The fraction of sp³-hybridized carbons (Fsp3) is 1.00. The monoisotopic (exact) mass is 698 g/mol. The predicted molar refractivity (Wildman–Crippen MR) is 183 cm³/mol. The van der Waals surface area contributed by atoms with Crippen LogP contribution in [-0.2, 0) is 39.3 Å². The largest absolute Gasteiger partial charge is 0.368 e. The Balaban J connectivity index is 1.37. The fourth-order valence-electron chi connectivity index (χ4n) is 8.51. The number of rotatable bonds is 12. The maximum atomic E-state index is 12.7.